The lowest BCUT2D eigenvalue weighted by molar-refractivity contribution is -0.0716. The van der Waals surface area contributed by atoms with Crippen LogP contribution >= 0.6 is 0 Å². The molecule has 3 nitrogen and oxygen atoms in total. The molecule has 0 aliphatic carbocycles. The van der Waals surface area contributed by atoms with Gasteiger partial charge in [0.2, 0.25) is 5.82 Å². The fourth-order valence-corrected chi connectivity index (χ4v) is 1.13. The Morgan fingerprint density at radius 3 is 2.38 bits per heavy atom. The summed E-state index contributed by atoms with van der Waals surface area (Å²) in [6.45, 7) is -1.56. The van der Waals surface area contributed by atoms with Crippen molar-refractivity contribution >= 4 is 0 Å². The highest BCUT2D eigenvalue weighted by atomic mass is 19.3. The smallest absolute Gasteiger partial charge is 0.289 e. The molecule has 90 valence electrons. The second-order valence-electron chi connectivity index (χ2n) is 3.20. The van der Waals surface area contributed by atoms with E-state index in [-0.39, 0.29) is 0 Å². The van der Waals surface area contributed by atoms with Crippen LogP contribution in [-0.4, -0.2) is 22.7 Å². The van der Waals surface area contributed by atoms with Gasteiger partial charge in [0.05, 0.1) is 0 Å². The third kappa shape index (κ3) is 2.10. The molecule has 1 aromatic carbocycles. The number of rotatable bonds is 3. The fraction of sp³-hybridized carbons (Fsp3) is 0.333. The predicted octanol–water partition coefficient (Wildman–Crippen LogP) is 1.30. The van der Waals surface area contributed by atoms with Gasteiger partial charge in [-0.3, -0.25) is 0 Å². The molecule has 1 atom stereocenters. The van der Waals surface area contributed by atoms with Crippen LogP contribution in [0.3, 0.4) is 0 Å². The molecule has 1 aromatic rings. The number of aliphatic hydroxyl groups is 1. The molecule has 16 heavy (non-hydrogen) atoms. The Kier molecular flexibility index (Phi) is 3.39. The lowest BCUT2D eigenvalue weighted by atomic mass is 10.0. The molecule has 4 N–H and O–H groups in total. The van der Waals surface area contributed by atoms with E-state index >= 15 is 0 Å². The van der Waals surface area contributed by atoms with Crippen molar-refractivity contribution in [3.05, 3.63) is 29.3 Å². The summed E-state index contributed by atoms with van der Waals surface area (Å²) < 4.78 is 51.3. The molecule has 0 aromatic heterocycles. The number of halogens is 4. The van der Waals surface area contributed by atoms with Crippen LogP contribution in [0.25, 0.3) is 0 Å². The van der Waals surface area contributed by atoms with E-state index in [1.807, 2.05) is 0 Å². The number of hydrogen-bond donors (Lipinski definition) is 3. The van der Waals surface area contributed by atoms with Gasteiger partial charge in [0.1, 0.15) is 12.6 Å². The lowest BCUT2D eigenvalue weighted by Gasteiger charge is -2.22. The van der Waals surface area contributed by atoms with Crippen molar-refractivity contribution in [3.8, 4) is 5.75 Å². The highest BCUT2D eigenvalue weighted by Crippen LogP contribution is 2.35. The van der Waals surface area contributed by atoms with Crippen LogP contribution in [0.2, 0.25) is 0 Å². The summed E-state index contributed by atoms with van der Waals surface area (Å²) in [5.74, 6) is -8.04. The van der Waals surface area contributed by atoms with Crippen molar-refractivity contribution < 1.29 is 27.8 Å². The largest absolute Gasteiger partial charge is 0.505 e. The Bertz CT molecular complexity index is 397. The molecule has 0 fully saturated rings. The molecule has 0 aliphatic rings. The minimum atomic E-state index is -3.73. The van der Waals surface area contributed by atoms with Gasteiger partial charge in [-0.1, -0.05) is 6.07 Å². The Morgan fingerprint density at radius 2 is 1.88 bits per heavy atom. The number of alkyl halides is 2. The van der Waals surface area contributed by atoms with Crippen molar-refractivity contribution in [2.45, 2.75) is 12.0 Å². The summed E-state index contributed by atoms with van der Waals surface area (Å²) >= 11 is 0. The molecule has 0 spiro atoms. The minimum Gasteiger partial charge on any atom is -0.505 e. The number of aromatic hydroxyl groups is 1. The van der Waals surface area contributed by atoms with E-state index in [9.17, 15) is 17.6 Å². The number of hydrogen-bond acceptors (Lipinski definition) is 3. The van der Waals surface area contributed by atoms with Gasteiger partial charge in [0, 0.05) is 5.56 Å². The summed E-state index contributed by atoms with van der Waals surface area (Å²) in [7, 11) is 0. The van der Waals surface area contributed by atoms with Crippen LogP contribution in [0.1, 0.15) is 11.6 Å². The summed E-state index contributed by atoms with van der Waals surface area (Å²) in [4.78, 5) is 0. The maximum absolute atomic E-state index is 12.9. The van der Waals surface area contributed by atoms with E-state index in [1.165, 1.54) is 0 Å². The fourth-order valence-electron chi connectivity index (χ4n) is 1.13. The van der Waals surface area contributed by atoms with Crippen molar-refractivity contribution in [3.63, 3.8) is 0 Å². The van der Waals surface area contributed by atoms with Gasteiger partial charge in [0.15, 0.2) is 11.6 Å². The molecule has 7 heteroatoms. The van der Waals surface area contributed by atoms with Crippen molar-refractivity contribution in [1.82, 2.24) is 0 Å². The first-order chi connectivity index (χ1) is 7.31. The van der Waals surface area contributed by atoms with Crippen molar-refractivity contribution in [2.75, 3.05) is 6.61 Å². The van der Waals surface area contributed by atoms with Crippen LogP contribution in [0.5, 0.6) is 5.75 Å². The zero-order chi connectivity index (χ0) is 12.5. The molecule has 0 radical (unpaired) electrons. The zero-order valence-corrected chi connectivity index (χ0v) is 7.92. The van der Waals surface area contributed by atoms with E-state index in [0.29, 0.717) is 6.07 Å². The molecular formula is C9H9F4NO2. The first kappa shape index (κ1) is 12.7. The van der Waals surface area contributed by atoms with Gasteiger partial charge < -0.3 is 15.9 Å². The first-order valence-electron chi connectivity index (χ1n) is 4.22. The van der Waals surface area contributed by atoms with Crippen LogP contribution < -0.4 is 5.73 Å². The number of nitrogens with two attached hydrogens (primary N) is 1. The van der Waals surface area contributed by atoms with E-state index in [0.717, 1.165) is 6.07 Å². The molecule has 0 unspecified atom stereocenters. The zero-order valence-electron chi connectivity index (χ0n) is 7.92. The molecule has 0 saturated carbocycles. The molecule has 0 aliphatic heterocycles. The summed E-state index contributed by atoms with van der Waals surface area (Å²) in [5.41, 5.74) is 4.38. The van der Waals surface area contributed by atoms with E-state index in [1.54, 1.807) is 0 Å². The number of aliphatic hydroxyl groups excluding tert-OH is 1. The number of phenols is 1. The van der Waals surface area contributed by atoms with Gasteiger partial charge >= 0.3 is 0 Å². The molecule has 1 rings (SSSR count). The third-order valence-corrected chi connectivity index (χ3v) is 2.10. The molecule has 0 heterocycles. The monoisotopic (exact) mass is 239 g/mol. The quantitative estimate of drug-likeness (QED) is 0.696. The minimum absolute atomic E-state index is 0.567. The summed E-state index contributed by atoms with van der Waals surface area (Å²) in [6, 6.07) is -0.813. The molecule has 0 amide bonds. The number of phenolic OH excluding ortho intramolecular Hbond substituents is 1. The predicted molar refractivity (Wildman–Crippen MR) is 47.0 cm³/mol. The highest BCUT2D eigenvalue weighted by Gasteiger charge is 2.39. The first-order valence-corrected chi connectivity index (χ1v) is 4.22. The van der Waals surface area contributed by atoms with Gasteiger partial charge in [-0.05, 0) is 6.07 Å². The normalized spacial score (nSPS) is 13.9. The lowest BCUT2D eigenvalue weighted by Crippen LogP contribution is -2.36. The Hall–Kier alpha value is -1.34. The molecule has 0 bridgehead atoms. The second kappa shape index (κ2) is 4.26. The van der Waals surface area contributed by atoms with E-state index in [4.69, 9.17) is 15.9 Å². The second-order valence-corrected chi connectivity index (χ2v) is 3.20. The van der Waals surface area contributed by atoms with Gasteiger partial charge in [0.25, 0.3) is 5.92 Å². The molecule has 0 saturated heterocycles. The Morgan fingerprint density at radius 1 is 1.31 bits per heavy atom. The topological polar surface area (TPSA) is 66.5 Å². The van der Waals surface area contributed by atoms with Gasteiger partial charge in [-0.25, -0.2) is 13.2 Å². The highest BCUT2D eigenvalue weighted by molar-refractivity contribution is 5.37. The Balaban J connectivity index is 3.20. The number of benzene rings is 1. The van der Waals surface area contributed by atoms with Crippen LogP contribution in [0, 0.1) is 11.6 Å². The summed E-state index contributed by atoms with van der Waals surface area (Å²) in [6.07, 6.45) is 0. The maximum atomic E-state index is 12.9. The third-order valence-electron chi connectivity index (χ3n) is 2.10. The Labute approximate surface area is 88.1 Å². The van der Waals surface area contributed by atoms with Crippen molar-refractivity contribution in [1.29, 1.82) is 0 Å². The van der Waals surface area contributed by atoms with Crippen LogP contribution in [0.4, 0.5) is 17.6 Å². The average Bonchev–Trinajstić information content (AvgIpc) is 2.25. The van der Waals surface area contributed by atoms with Gasteiger partial charge in [-0.15, -0.1) is 0 Å². The van der Waals surface area contributed by atoms with E-state index < -0.39 is 41.5 Å². The van der Waals surface area contributed by atoms with Gasteiger partial charge in [-0.2, -0.15) is 4.39 Å². The SMILES string of the molecule is N[C@@H](c1ccc(F)c(F)c1O)C(F)(F)CO. The average molecular weight is 239 g/mol. The van der Waals surface area contributed by atoms with Crippen molar-refractivity contribution in [2.24, 2.45) is 5.73 Å². The maximum Gasteiger partial charge on any atom is 0.289 e. The summed E-state index contributed by atoms with van der Waals surface area (Å²) in [5, 5.41) is 17.5. The molecular weight excluding hydrogens is 230 g/mol. The van der Waals surface area contributed by atoms with E-state index in [2.05, 4.69) is 0 Å². The van der Waals surface area contributed by atoms with Crippen LogP contribution in [-0.2, 0) is 0 Å². The van der Waals surface area contributed by atoms with Crippen LogP contribution in [0.15, 0.2) is 12.1 Å². The standard InChI is InChI=1S/C9H9F4NO2/c10-5-2-1-4(7(16)6(5)11)8(14)9(12,13)3-15/h1-2,8,15-16H,3,14H2/t8-/m0/s1.